The second kappa shape index (κ2) is 4.13. The van der Waals surface area contributed by atoms with E-state index in [0.717, 1.165) is 19.3 Å². The maximum absolute atomic E-state index is 9.48. The quantitative estimate of drug-likeness (QED) is 0.692. The molecule has 1 heterocycles. The van der Waals surface area contributed by atoms with Gasteiger partial charge in [0.25, 0.3) is 0 Å². The molecule has 0 aromatic rings. The molecule has 3 atom stereocenters. The van der Waals surface area contributed by atoms with Gasteiger partial charge in [0.1, 0.15) is 0 Å². The maximum Gasteiger partial charge on any atom is 0.168 e. The summed E-state index contributed by atoms with van der Waals surface area (Å²) < 4.78 is 12.0. The van der Waals surface area contributed by atoms with Crippen LogP contribution in [0, 0.1) is 5.92 Å². The lowest BCUT2D eigenvalue weighted by Gasteiger charge is -2.32. The summed E-state index contributed by atoms with van der Waals surface area (Å²) in [6.45, 7) is 0.696. The van der Waals surface area contributed by atoms with E-state index >= 15 is 0 Å². The summed E-state index contributed by atoms with van der Waals surface area (Å²) in [5.41, 5.74) is 0. The number of hydrogen-bond acceptors (Lipinski definition) is 3. The average Bonchev–Trinajstić information content (AvgIpc) is 2.87. The summed E-state index contributed by atoms with van der Waals surface area (Å²) in [6.07, 6.45) is 10.5. The molecule has 1 aliphatic heterocycles. The van der Waals surface area contributed by atoms with Crippen LogP contribution in [0.1, 0.15) is 38.5 Å². The van der Waals surface area contributed by atoms with Crippen LogP contribution in [0.3, 0.4) is 0 Å². The number of ether oxygens (including phenoxy) is 2. The fourth-order valence-corrected chi connectivity index (χ4v) is 3.12. The number of rotatable bonds is 1. The first-order valence-electron chi connectivity index (χ1n) is 6.46. The second-order valence-electron chi connectivity index (χ2n) is 5.29. The monoisotopic (exact) mass is 224 g/mol. The Balaban J connectivity index is 1.62. The van der Waals surface area contributed by atoms with Crippen molar-refractivity contribution in [2.24, 2.45) is 5.92 Å². The standard InChI is InChI=1S/C13H20O3/c14-11-5-4-10(8-11)12-9-15-13(16-12)6-2-1-3-7-13/h4-5,10-12,14H,1-3,6-9H2/t10-,11+,12+/m0/s1. The average molecular weight is 224 g/mol. The molecule has 1 spiro atoms. The van der Waals surface area contributed by atoms with E-state index in [0.29, 0.717) is 12.5 Å². The van der Waals surface area contributed by atoms with Crippen LogP contribution in [0.5, 0.6) is 0 Å². The molecule has 0 aromatic heterocycles. The van der Waals surface area contributed by atoms with Gasteiger partial charge < -0.3 is 14.6 Å². The highest BCUT2D eigenvalue weighted by atomic mass is 16.7. The van der Waals surface area contributed by atoms with E-state index in [9.17, 15) is 5.11 Å². The van der Waals surface area contributed by atoms with Gasteiger partial charge in [-0.25, -0.2) is 0 Å². The number of hydrogen-bond donors (Lipinski definition) is 1. The van der Waals surface area contributed by atoms with Gasteiger partial charge in [0, 0.05) is 18.8 Å². The van der Waals surface area contributed by atoms with Gasteiger partial charge in [-0.05, 0) is 19.3 Å². The van der Waals surface area contributed by atoms with Crippen molar-refractivity contribution in [3.05, 3.63) is 12.2 Å². The molecule has 2 fully saturated rings. The van der Waals surface area contributed by atoms with E-state index < -0.39 is 0 Å². The van der Waals surface area contributed by atoms with Crippen LogP contribution in [-0.4, -0.2) is 29.7 Å². The zero-order valence-corrected chi connectivity index (χ0v) is 9.60. The van der Waals surface area contributed by atoms with Crippen LogP contribution in [0.4, 0.5) is 0 Å². The van der Waals surface area contributed by atoms with Gasteiger partial charge in [-0.1, -0.05) is 18.6 Å². The van der Waals surface area contributed by atoms with Crippen LogP contribution < -0.4 is 0 Å². The minimum absolute atomic E-state index is 0.159. The SMILES string of the molecule is O[C@@H]1C=C[C@H]([C@H]2COC3(CCCCC3)O2)C1. The molecule has 2 aliphatic carbocycles. The summed E-state index contributed by atoms with van der Waals surface area (Å²) in [6, 6.07) is 0. The first-order valence-corrected chi connectivity index (χ1v) is 6.46. The predicted octanol–water partition coefficient (Wildman–Crippen LogP) is 2.00. The Hall–Kier alpha value is -0.380. The molecule has 0 radical (unpaired) electrons. The molecule has 16 heavy (non-hydrogen) atoms. The number of aliphatic hydroxyl groups excluding tert-OH is 1. The highest BCUT2D eigenvalue weighted by Crippen LogP contribution is 2.41. The molecule has 90 valence electrons. The molecule has 0 aromatic carbocycles. The van der Waals surface area contributed by atoms with E-state index in [1.165, 1.54) is 19.3 Å². The minimum Gasteiger partial charge on any atom is -0.389 e. The summed E-state index contributed by atoms with van der Waals surface area (Å²) in [4.78, 5) is 0. The van der Waals surface area contributed by atoms with Crippen LogP contribution in [0.2, 0.25) is 0 Å². The van der Waals surface area contributed by atoms with Gasteiger partial charge in [0.05, 0.1) is 18.8 Å². The van der Waals surface area contributed by atoms with Gasteiger partial charge in [-0.15, -0.1) is 0 Å². The highest BCUT2D eigenvalue weighted by Gasteiger charge is 2.44. The topological polar surface area (TPSA) is 38.7 Å². The Labute approximate surface area is 96.4 Å². The van der Waals surface area contributed by atoms with Crippen LogP contribution in [-0.2, 0) is 9.47 Å². The zero-order valence-electron chi connectivity index (χ0n) is 9.60. The lowest BCUT2D eigenvalue weighted by molar-refractivity contribution is -0.190. The Kier molecular flexibility index (Phi) is 2.78. The molecule has 0 unspecified atom stereocenters. The van der Waals surface area contributed by atoms with E-state index in [4.69, 9.17) is 9.47 Å². The third-order valence-corrected chi connectivity index (χ3v) is 4.06. The van der Waals surface area contributed by atoms with Crippen molar-refractivity contribution in [3.8, 4) is 0 Å². The molecule has 1 saturated carbocycles. The van der Waals surface area contributed by atoms with Gasteiger partial charge in [0.2, 0.25) is 0 Å². The van der Waals surface area contributed by atoms with Crippen LogP contribution in [0.25, 0.3) is 0 Å². The van der Waals surface area contributed by atoms with Crippen molar-refractivity contribution >= 4 is 0 Å². The predicted molar refractivity (Wildman–Crippen MR) is 59.9 cm³/mol. The van der Waals surface area contributed by atoms with Crippen molar-refractivity contribution in [1.82, 2.24) is 0 Å². The number of aliphatic hydroxyl groups is 1. The molecule has 0 amide bonds. The van der Waals surface area contributed by atoms with Crippen molar-refractivity contribution in [1.29, 1.82) is 0 Å². The molecule has 3 heteroatoms. The Morgan fingerprint density at radius 2 is 1.94 bits per heavy atom. The summed E-state index contributed by atoms with van der Waals surface area (Å²) >= 11 is 0. The lowest BCUT2D eigenvalue weighted by Crippen LogP contribution is -2.34. The van der Waals surface area contributed by atoms with Crippen molar-refractivity contribution in [2.45, 2.75) is 56.5 Å². The van der Waals surface area contributed by atoms with E-state index in [-0.39, 0.29) is 18.0 Å². The first-order chi connectivity index (χ1) is 7.77. The van der Waals surface area contributed by atoms with Crippen molar-refractivity contribution in [2.75, 3.05) is 6.61 Å². The molecule has 3 nitrogen and oxygen atoms in total. The zero-order chi connectivity index (χ0) is 11.0. The van der Waals surface area contributed by atoms with Crippen molar-refractivity contribution in [3.63, 3.8) is 0 Å². The van der Waals surface area contributed by atoms with E-state index in [2.05, 4.69) is 6.08 Å². The first kappa shape index (κ1) is 10.8. The molecule has 3 rings (SSSR count). The van der Waals surface area contributed by atoms with Crippen molar-refractivity contribution < 1.29 is 14.6 Å². The molecule has 3 aliphatic rings. The second-order valence-corrected chi connectivity index (χ2v) is 5.29. The summed E-state index contributed by atoms with van der Waals surface area (Å²) in [7, 11) is 0. The third-order valence-electron chi connectivity index (χ3n) is 4.06. The van der Waals surface area contributed by atoms with Crippen LogP contribution >= 0.6 is 0 Å². The maximum atomic E-state index is 9.48. The fraction of sp³-hybridized carbons (Fsp3) is 0.846. The largest absolute Gasteiger partial charge is 0.389 e. The van der Waals surface area contributed by atoms with Crippen LogP contribution in [0.15, 0.2) is 12.2 Å². The third kappa shape index (κ3) is 1.92. The van der Waals surface area contributed by atoms with Gasteiger partial charge in [0.15, 0.2) is 5.79 Å². The fourth-order valence-electron chi connectivity index (χ4n) is 3.12. The Morgan fingerprint density at radius 1 is 1.12 bits per heavy atom. The van der Waals surface area contributed by atoms with Gasteiger partial charge >= 0.3 is 0 Å². The highest BCUT2D eigenvalue weighted by molar-refractivity contribution is 5.06. The van der Waals surface area contributed by atoms with Gasteiger partial charge in [-0.2, -0.15) is 0 Å². The Morgan fingerprint density at radius 3 is 2.62 bits per heavy atom. The summed E-state index contributed by atoms with van der Waals surface area (Å²) in [5, 5.41) is 9.48. The minimum atomic E-state index is -0.281. The Bertz CT molecular complexity index is 281. The van der Waals surface area contributed by atoms with Gasteiger partial charge in [-0.3, -0.25) is 0 Å². The molecule has 1 N–H and O–H groups in total. The molecular formula is C13H20O3. The van der Waals surface area contributed by atoms with E-state index in [1.807, 2.05) is 6.08 Å². The lowest BCUT2D eigenvalue weighted by atomic mass is 9.94. The molecule has 1 saturated heterocycles. The molecule has 0 bridgehead atoms. The normalized spacial score (nSPS) is 41.9. The molecular weight excluding hydrogens is 204 g/mol. The summed E-state index contributed by atoms with van der Waals surface area (Å²) in [5.74, 6) is 0.0703. The van der Waals surface area contributed by atoms with E-state index in [1.54, 1.807) is 0 Å². The smallest absolute Gasteiger partial charge is 0.168 e.